The molecule has 1 heterocycles. The van der Waals surface area contributed by atoms with Crippen molar-refractivity contribution in [3.8, 4) is 5.75 Å². The molecule has 4 N–H and O–H groups in total. The number of rotatable bonds is 9. The van der Waals surface area contributed by atoms with E-state index >= 15 is 0 Å². The number of hydrogen-bond donors (Lipinski definition) is 3. The number of fused-ring (bicyclic) bond motifs is 1. The summed E-state index contributed by atoms with van der Waals surface area (Å²) in [5, 5.41) is 33.3. The van der Waals surface area contributed by atoms with Crippen LogP contribution in [0.2, 0.25) is 0 Å². The molecule has 1 aromatic carbocycles. The molecule has 0 amide bonds. The number of carboxylic acid groups (broad SMARTS) is 2. The summed E-state index contributed by atoms with van der Waals surface area (Å²) in [6.07, 6.45) is 7.57. The van der Waals surface area contributed by atoms with Crippen molar-refractivity contribution < 1.29 is 24.5 Å². The van der Waals surface area contributed by atoms with Crippen molar-refractivity contribution >= 4 is 35.0 Å². The topological polar surface area (TPSA) is 171 Å². The van der Waals surface area contributed by atoms with Crippen molar-refractivity contribution in [1.29, 1.82) is 5.41 Å². The minimum Gasteiger partial charge on any atom is -0.545 e. The zero-order valence-electron chi connectivity index (χ0n) is 16.9. The van der Waals surface area contributed by atoms with Crippen molar-refractivity contribution in [1.82, 2.24) is 9.99 Å². The summed E-state index contributed by atoms with van der Waals surface area (Å²) < 4.78 is 5.25. The normalized spacial score (nSPS) is 10.7. The number of nitrogens with zero attached hydrogens (tertiary/aromatic N) is 2. The molecule has 0 bridgehead atoms. The van der Waals surface area contributed by atoms with Gasteiger partial charge in [0.15, 0.2) is 0 Å². The van der Waals surface area contributed by atoms with Crippen LogP contribution in [-0.4, -0.2) is 47.8 Å². The molecule has 0 aliphatic carbocycles. The number of hydrazone groups is 1. The van der Waals surface area contributed by atoms with Crippen LogP contribution in [0.1, 0.15) is 31.7 Å². The number of nitrogens with one attached hydrogen (secondary N) is 2. The van der Waals surface area contributed by atoms with Gasteiger partial charge in [0.1, 0.15) is 5.75 Å². The van der Waals surface area contributed by atoms with E-state index in [1.54, 1.807) is 13.3 Å². The molecule has 162 valence electrons. The number of aromatic nitrogens is 1. The highest BCUT2D eigenvalue weighted by molar-refractivity contribution is 5.99. The van der Waals surface area contributed by atoms with Crippen LogP contribution in [0.25, 0.3) is 10.9 Å². The molecular weight excluding hydrogens is 390 g/mol. The zero-order valence-corrected chi connectivity index (χ0v) is 16.9. The highest BCUT2D eigenvalue weighted by Crippen LogP contribution is 2.22. The largest absolute Gasteiger partial charge is 0.545 e. The Morgan fingerprint density at radius 2 is 1.93 bits per heavy atom. The maximum atomic E-state index is 9.41. The van der Waals surface area contributed by atoms with Crippen molar-refractivity contribution in [3.05, 3.63) is 42.1 Å². The molecule has 0 aliphatic heterocycles. The number of carbonyl (C=O) groups is 2. The van der Waals surface area contributed by atoms with Crippen LogP contribution in [0.3, 0.4) is 0 Å². The predicted molar refractivity (Wildman–Crippen MR) is 110 cm³/mol. The van der Waals surface area contributed by atoms with Gasteiger partial charge in [0.2, 0.25) is 5.96 Å². The van der Waals surface area contributed by atoms with Gasteiger partial charge in [0, 0.05) is 29.2 Å². The molecule has 0 unspecified atom stereocenters. The molecule has 2 aromatic rings. The Balaban J connectivity index is 0.000000479. The molecule has 2 rings (SSSR count). The molecule has 0 radical (unpaired) electrons. The van der Waals surface area contributed by atoms with Crippen molar-refractivity contribution in [2.24, 2.45) is 10.8 Å². The smallest absolute Gasteiger partial charge is 0.209 e. The summed E-state index contributed by atoms with van der Waals surface area (Å²) in [6, 6.07) is 5.84. The molecule has 0 aliphatic rings. The Bertz CT molecular complexity index is 903. The van der Waals surface area contributed by atoms with Gasteiger partial charge in [-0.25, -0.2) is 5.01 Å². The van der Waals surface area contributed by atoms with Crippen molar-refractivity contribution in [2.45, 2.75) is 26.2 Å². The number of carboxylic acids is 2. The van der Waals surface area contributed by atoms with Crippen LogP contribution in [0.15, 0.2) is 41.6 Å². The first-order chi connectivity index (χ1) is 14.3. The minimum atomic E-state index is -1.55. The number of ether oxygens (including phenoxy) is 1. The highest BCUT2D eigenvalue weighted by atomic mass is 16.5. The van der Waals surface area contributed by atoms with Crippen molar-refractivity contribution in [2.75, 3.05) is 13.7 Å². The SMILES string of the molecule is CCCCCN(/N=C\c1c[nH]c2ccc(OC)cc12)C(=N)N.O=C([O-])/C=C\C(=O)[O-]. The van der Waals surface area contributed by atoms with Gasteiger partial charge >= 0.3 is 0 Å². The number of unbranched alkanes of at least 4 members (excludes halogenated alkanes) is 2. The first-order valence-electron chi connectivity index (χ1n) is 9.19. The van der Waals surface area contributed by atoms with E-state index in [1.165, 1.54) is 5.01 Å². The first-order valence-corrected chi connectivity index (χ1v) is 9.19. The van der Waals surface area contributed by atoms with Crippen LogP contribution in [-0.2, 0) is 9.59 Å². The Morgan fingerprint density at radius 1 is 1.27 bits per heavy atom. The van der Waals surface area contributed by atoms with Crippen LogP contribution in [0, 0.1) is 5.41 Å². The quantitative estimate of drug-likeness (QED) is 0.169. The van der Waals surface area contributed by atoms with Gasteiger partial charge in [-0.05, 0) is 36.8 Å². The summed E-state index contributed by atoms with van der Waals surface area (Å²) >= 11 is 0. The van der Waals surface area contributed by atoms with Crippen LogP contribution in [0.4, 0.5) is 0 Å². The van der Waals surface area contributed by atoms with E-state index in [1.807, 2.05) is 24.4 Å². The fourth-order valence-electron chi connectivity index (χ4n) is 2.38. The number of aliphatic carboxylic acids is 2. The molecule has 1 aromatic heterocycles. The van der Waals surface area contributed by atoms with Gasteiger partial charge in [-0.2, -0.15) is 5.10 Å². The summed E-state index contributed by atoms with van der Waals surface area (Å²) in [5.74, 6) is -2.33. The number of aromatic amines is 1. The van der Waals surface area contributed by atoms with Crippen molar-refractivity contribution in [3.63, 3.8) is 0 Å². The number of nitrogens with two attached hydrogens (primary N) is 1. The average Bonchev–Trinajstić information content (AvgIpc) is 3.11. The lowest BCUT2D eigenvalue weighted by Gasteiger charge is -2.15. The number of benzene rings is 1. The van der Waals surface area contributed by atoms with E-state index in [0.29, 0.717) is 18.7 Å². The Kier molecular flexibility index (Phi) is 10.2. The van der Waals surface area contributed by atoms with E-state index < -0.39 is 11.9 Å². The number of carbonyl (C=O) groups excluding carboxylic acids is 2. The molecule has 10 heteroatoms. The second-order valence-corrected chi connectivity index (χ2v) is 6.09. The zero-order chi connectivity index (χ0) is 22.5. The van der Waals surface area contributed by atoms with E-state index in [-0.39, 0.29) is 5.96 Å². The molecule has 30 heavy (non-hydrogen) atoms. The van der Waals surface area contributed by atoms with Gasteiger partial charge in [0.25, 0.3) is 0 Å². The molecule has 10 nitrogen and oxygen atoms in total. The average molecular weight is 415 g/mol. The first kappa shape index (κ1) is 24.2. The number of guanidine groups is 1. The van der Waals surface area contributed by atoms with Gasteiger partial charge in [-0.3, -0.25) is 5.41 Å². The predicted octanol–water partition coefficient (Wildman–Crippen LogP) is -0.0615. The van der Waals surface area contributed by atoms with Gasteiger partial charge < -0.3 is 35.3 Å². The molecule has 0 spiro atoms. The summed E-state index contributed by atoms with van der Waals surface area (Å²) in [4.78, 5) is 22.0. The Labute approximate surface area is 174 Å². The summed E-state index contributed by atoms with van der Waals surface area (Å²) in [5.41, 5.74) is 7.54. The lowest BCUT2D eigenvalue weighted by atomic mass is 10.2. The highest BCUT2D eigenvalue weighted by Gasteiger charge is 2.06. The van der Waals surface area contributed by atoms with Crippen LogP contribution >= 0.6 is 0 Å². The third-order valence-corrected chi connectivity index (χ3v) is 3.86. The van der Waals surface area contributed by atoms with Crippen LogP contribution < -0.4 is 20.7 Å². The Morgan fingerprint density at radius 3 is 2.47 bits per heavy atom. The Hall–Kier alpha value is -3.82. The fraction of sp³-hybridized carbons (Fsp3) is 0.300. The van der Waals surface area contributed by atoms with Gasteiger partial charge in [0.05, 0.1) is 25.3 Å². The number of methoxy groups -OCH3 is 1. The maximum Gasteiger partial charge on any atom is 0.209 e. The van der Waals surface area contributed by atoms with Gasteiger partial charge in [-0.15, -0.1) is 0 Å². The number of H-pyrrole nitrogens is 1. The lowest BCUT2D eigenvalue weighted by Crippen LogP contribution is -2.33. The standard InChI is InChI=1S/C16H23N5O.C4H4O4/c1-3-4-5-8-21(16(17)18)20-11-12-10-19-15-7-6-13(22-2)9-14(12)15;5-3(6)1-2-4(7)8/h6-7,9-11,19H,3-5,8H2,1-2H3,(H3,17,18);1-2H,(H,5,6)(H,7,8)/p-2/b20-11-;2-1-. The second-order valence-electron chi connectivity index (χ2n) is 6.09. The summed E-state index contributed by atoms with van der Waals surface area (Å²) in [6.45, 7) is 2.80. The van der Waals surface area contributed by atoms with E-state index in [0.717, 1.165) is 41.5 Å². The van der Waals surface area contributed by atoms with Gasteiger partial charge in [-0.1, -0.05) is 19.8 Å². The molecular formula is C20H25N5O5-2. The fourth-order valence-corrected chi connectivity index (χ4v) is 2.38. The monoisotopic (exact) mass is 415 g/mol. The molecule has 0 fully saturated rings. The second kappa shape index (κ2) is 12.6. The summed E-state index contributed by atoms with van der Waals surface area (Å²) in [7, 11) is 1.65. The third kappa shape index (κ3) is 8.46. The lowest BCUT2D eigenvalue weighted by molar-refractivity contribution is -0.301. The third-order valence-electron chi connectivity index (χ3n) is 3.86. The molecule has 0 atom stereocenters. The van der Waals surface area contributed by atoms with E-state index in [9.17, 15) is 19.8 Å². The van der Waals surface area contributed by atoms with Crippen LogP contribution in [0.5, 0.6) is 5.75 Å². The molecule has 0 saturated carbocycles. The number of hydrogen-bond acceptors (Lipinski definition) is 7. The minimum absolute atomic E-state index is 0.0372. The van der Waals surface area contributed by atoms with E-state index in [4.69, 9.17) is 15.9 Å². The maximum absolute atomic E-state index is 9.41. The van der Waals surface area contributed by atoms with E-state index in [2.05, 4.69) is 17.0 Å². The molecule has 0 saturated heterocycles.